The van der Waals surface area contributed by atoms with Gasteiger partial charge in [0.2, 0.25) is 0 Å². The number of nitrogens with two attached hydrogens (primary N) is 1. The summed E-state index contributed by atoms with van der Waals surface area (Å²) in [6, 6.07) is 8.26. The molecule has 0 aliphatic heterocycles. The van der Waals surface area contributed by atoms with Gasteiger partial charge in [-0.1, -0.05) is 40.2 Å². The van der Waals surface area contributed by atoms with Crippen molar-refractivity contribution < 1.29 is 0 Å². The van der Waals surface area contributed by atoms with Gasteiger partial charge in [-0.25, -0.2) is 0 Å². The van der Waals surface area contributed by atoms with Crippen molar-refractivity contribution in [2.75, 3.05) is 5.33 Å². The van der Waals surface area contributed by atoms with Crippen molar-refractivity contribution in [3.63, 3.8) is 0 Å². The number of aryl methyl sites for hydroxylation is 1. The highest BCUT2D eigenvalue weighted by Crippen LogP contribution is 2.11. The fourth-order valence-electron chi connectivity index (χ4n) is 1.13. The Morgan fingerprint density at radius 3 is 2.75 bits per heavy atom. The maximum atomic E-state index is 5.33. The molecule has 0 aliphatic rings. The molecule has 0 saturated carbocycles. The number of halogens is 1. The molecule has 2 heteroatoms. The molecule has 2 N–H and O–H groups in total. The molecular weight excluding hydrogens is 214 g/mol. The predicted octanol–water partition coefficient (Wildman–Crippen LogP) is 2.55. The zero-order valence-corrected chi connectivity index (χ0v) is 8.42. The van der Waals surface area contributed by atoms with Crippen LogP contribution in [0.1, 0.15) is 11.1 Å². The number of alkyl halides is 1. The van der Waals surface area contributed by atoms with Crippen LogP contribution >= 0.6 is 15.9 Å². The lowest BCUT2D eigenvalue weighted by Gasteiger charge is -2.02. The Hall–Kier alpha value is -0.760. The highest BCUT2D eigenvalue weighted by Gasteiger charge is 1.95. The highest BCUT2D eigenvalue weighted by atomic mass is 79.9. The van der Waals surface area contributed by atoms with Gasteiger partial charge in [-0.2, -0.15) is 0 Å². The third-order valence-electron chi connectivity index (χ3n) is 1.69. The van der Waals surface area contributed by atoms with Crippen LogP contribution in [-0.4, -0.2) is 5.33 Å². The second-order valence-electron chi connectivity index (χ2n) is 2.50. The molecule has 1 rings (SSSR count). The van der Waals surface area contributed by atoms with Crippen LogP contribution in [0.25, 0.3) is 6.08 Å². The summed E-state index contributed by atoms with van der Waals surface area (Å²) in [5.41, 5.74) is 7.87. The molecule has 0 bridgehead atoms. The lowest BCUT2D eigenvalue weighted by molar-refractivity contribution is 1.16. The second kappa shape index (κ2) is 4.99. The standard InChI is InChI=1S/C10H12BrN/c11-7-5-9-3-1-2-4-10(9)6-8-12/h1-4,6,8H,5,7,12H2/b8-6+. The van der Waals surface area contributed by atoms with Crippen LogP contribution in [0.3, 0.4) is 0 Å². The molecule has 0 unspecified atom stereocenters. The van der Waals surface area contributed by atoms with Crippen molar-refractivity contribution in [2.45, 2.75) is 6.42 Å². The number of benzene rings is 1. The van der Waals surface area contributed by atoms with Gasteiger partial charge >= 0.3 is 0 Å². The van der Waals surface area contributed by atoms with Gasteiger partial charge in [0.15, 0.2) is 0 Å². The minimum absolute atomic E-state index is 0.989. The average Bonchev–Trinajstić information content (AvgIpc) is 2.09. The van der Waals surface area contributed by atoms with Crippen molar-refractivity contribution >= 4 is 22.0 Å². The van der Waals surface area contributed by atoms with Crippen molar-refractivity contribution in [2.24, 2.45) is 5.73 Å². The van der Waals surface area contributed by atoms with Crippen molar-refractivity contribution in [3.8, 4) is 0 Å². The van der Waals surface area contributed by atoms with Crippen molar-refractivity contribution in [1.29, 1.82) is 0 Å². The molecule has 0 fully saturated rings. The minimum Gasteiger partial charge on any atom is -0.405 e. The topological polar surface area (TPSA) is 26.0 Å². The Morgan fingerprint density at radius 2 is 2.08 bits per heavy atom. The smallest absolute Gasteiger partial charge is 0.00720 e. The zero-order chi connectivity index (χ0) is 8.81. The lowest BCUT2D eigenvalue weighted by Crippen LogP contribution is -1.90. The summed E-state index contributed by atoms with van der Waals surface area (Å²) in [5.74, 6) is 0. The third kappa shape index (κ3) is 2.38. The molecule has 0 saturated heterocycles. The molecule has 0 aromatic heterocycles. The first-order valence-electron chi connectivity index (χ1n) is 3.90. The minimum atomic E-state index is 0.989. The van der Waals surface area contributed by atoms with E-state index in [2.05, 4.69) is 28.1 Å². The van der Waals surface area contributed by atoms with E-state index in [9.17, 15) is 0 Å². The van der Waals surface area contributed by atoms with E-state index in [4.69, 9.17) is 5.73 Å². The van der Waals surface area contributed by atoms with E-state index in [1.807, 2.05) is 18.2 Å². The van der Waals surface area contributed by atoms with Crippen molar-refractivity contribution in [3.05, 3.63) is 41.6 Å². The van der Waals surface area contributed by atoms with E-state index < -0.39 is 0 Å². The fraction of sp³-hybridized carbons (Fsp3) is 0.200. The summed E-state index contributed by atoms with van der Waals surface area (Å²) in [4.78, 5) is 0. The molecule has 1 aromatic rings. The Bertz CT molecular complexity index is 268. The molecule has 12 heavy (non-hydrogen) atoms. The Balaban J connectivity index is 2.91. The van der Waals surface area contributed by atoms with E-state index in [0.29, 0.717) is 0 Å². The Kier molecular flexibility index (Phi) is 3.88. The summed E-state index contributed by atoms with van der Waals surface area (Å²) in [6.45, 7) is 0. The normalized spacial score (nSPS) is 10.8. The summed E-state index contributed by atoms with van der Waals surface area (Å²) < 4.78 is 0. The van der Waals surface area contributed by atoms with Crippen LogP contribution in [0.2, 0.25) is 0 Å². The molecule has 0 aliphatic carbocycles. The molecular formula is C10H12BrN. The summed E-state index contributed by atoms with van der Waals surface area (Å²) in [5, 5.41) is 0.989. The summed E-state index contributed by atoms with van der Waals surface area (Å²) >= 11 is 3.42. The molecule has 0 radical (unpaired) electrons. The first-order valence-corrected chi connectivity index (χ1v) is 5.02. The van der Waals surface area contributed by atoms with Gasteiger partial charge < -0.3 is 5.73 Å². The average molecular weight is 226 g/mol. The second-order valence-corrected chi connectivity index (χ2v) is 3.29. The van der Waals surface area contributed by atoms with Crippen molar-refractivity contribution in [1.82, 2.24) is 0 Å². The summed E-state index contributed by atoms with van der Waals surface area (Å²) in [7, 11) is 0. The molecule has 0 spiro atoms. The first-order chi connectivity index (χ1) is 5.88. The van der Waals surface area contributed by atoms with E-state index in [-0.39, 0.29) is 0 Å². The SMILES string of the molecule is N/C=C/c1ccccc1CCBr. The third-order valence-corrected chi connectivity index (χ3v) is 2.09. The maximum Gasteiger partial charge on any atom is 0.00720 e. The van der Waals surface area contributed by atoms with Gasteiger partial charge in [-0.05, 0) is 29.8 Å². The number of hydrogen-bond acceptors (Lipinski definition) is 1. The van der Waals surface area contributed by atoms with E-state index >= 15 is 0 Å². The van der Waals surface area contributed by atoms with Gasteiger partial charge in [0.25, 0.3) is 0 Å². The first kappa shape index (κ1) is 9.33. The predicted molar refractivity (Wildman–Crippen MR) is 57.2 cm³/mol. The van der Waals surface area contributed by atoms with Crippen LogP contribution in [0.4, 0.5) is 0 Å². The van der Waals surface area contributed by atoms with E-state index in [0.717, 1.165) is 11.8 Å². The van der Waals surface area contributed by atoms with Crippen LogP contribution < -0.4 is 5.73 Å². The van der Waals surface area contributed by atoms with E-state index in [1.165, 1.54) is 11.1 Å². The van der Waals surface area contributed by atoms with Gasteiger partial charge in [-0.3, -0.25) is 0 Å². The number of rotatable bonds is 3. The molecule has 1 nitrogen and oxygen atoms in total. The molecule has 0 heterocycles. The fourth-order valence-corrected chi connectivity index (χ4v) is 1.56. The van der Waals surface area contributed by atoms with Gasteiger partial charge in [-0.15, -0.1) is 0 Å². The largest absolute Gasteiger partial charge is 0.405 e. The lowest BCUT2D eigenvalue weighted by atomic mass is 10.1. The van der Waals surface area contributed by atoms with Crippen LogP contribution in [0.15, 0.2) is 30.5 Å². The highest BCUT2D eigenvalue weighted by molar-refractivity contribution is 9.09. The van der Waals surface area contributed by atoms with Crippen LogP contribution in [0.5, 0.6) is 0 Å². The molecule has 1 aromatic carbocycles. The Labute approximate surface area is 81.4 Å². The summed E-state index contributed by atoms with van der Waals surface area (Å²) in [6.07, 6.45) is 4.55. The van der Waals surface area contributed by atoms with Gasteiger partial charge in [0.1, 0.15) is 0 Å². The van der Waals surface area contributed by atoms with Crippen LogP contribution in [-0.2, 0) is 6.42 Å². The molecule has 64 valence electrons. The quantitative estimate of drug-likeness (QED) is 0.787. The zero-order valence-electron chi connectivity index (χ0n) is 6.83. The monoisotopic (exact) mass is 225 g/mol. The van der Waals surface area contributed by atoms with E-state index in [1.54, 1.807) is 6.20 Å². The molecule has 0 atom stereocenters. The molecule has 0 amide bonds. The van der Waals surface area contributed by atoms with Gasteiger partial charge in [0.05, 0.1) is 0 Å². The van der Waals surface area contributed by atoms with Gasteiger partial charge in [0, 0.05) is 5.33 Å². The Morgan fingerprint density at radius 1 is 1.33 bits per heavy atom. The number of hydrogen-bond donors (Lipinski definition) is 1. The van der Waals surface area contributed by atoms with Crippen LogP contribution in [0, 0.1) is 0 Å². The maximum absolute atomic E-state index is 5.33.